The van der Waals surface area contributed by atoms with Gasteiger partial charge in [0.2, 0.25) is 0 Å². The summed E-state index contributed by atoms with van der Waals surface area (Å²) < 4.78 is 0. The van der Waals surface area contributed by atoms with Gasteiger partial charge in [0.25, 0.3) is 0 Å². The molecule has 0 atom stereocenters. The number of aromatic nitrogens is 1. The first-order valence-corrected chi connectivity index (χ1v) is 9.72. The van der Waals surface area contributed by atoms with Gasteiger partial charge in [0.15, 0.2) is 0 Å². The first kappa shape index (κ1) is 16.3. The molecule has 0 aliphatic heterocycles. The zero-order valence-electron chi connectivity index (χ0n) is 16.1. The van der Waals surface area contributed by atoms with Crippen LogP contribution in [-0.4, -0.2) is 4.98 Å². The minimum absolute atomic E-state index is 0.531. The van der Waals surface area contributed by atoms with Crippen molar-refractivity contribution in [3.05, 3.63) is 89.1 Å². The number of benzene rings is 3. The van der Waals surface area contributed by atoms with E-state index in [0.717, 1.165) is 12.1 Å². The SMILES string of the molecule is Cc1cc2c(c(-c3nccc4cc(C(C)C)ccc34)c1)Cc1ccccc1-2. The zero-order valence-corrected chi connectivity index (χ0v) is 16.1. The Morgan fingerprint density at radius 2 is 1.67 bits per heavy atom. The van der Waals surface area contributed by atoms with Crippen molar-refractivity contribution in [1.29, 1.82) is 0 Å². The van der Waals surface area contributed by atoms with E-state index in [1.807, 2.05) is 6.20 Å². The van der Waals surface area contributed by atoms with Crippen molar-refractivity contribution in [1.82, 2.24) is 4.98 Å². The van der Waals surface area contributed by atoms with Crippen LogP contribution in [0.15, 0.2) is 66.9 Å². The minimum Gasteiger partial charge on any atom is -0.256 e. The van der Waals surface area contributed by atoms with Gasteiger partial charge in [-0.05, 0) is 70.2 Å². The fourth-order valence-electron chi connectivity index (χ4n) is 4.36. The molecule has 0 radical (unpaired) electrons. The molecule has 0 fully saturated rings. The second kappa shape index (κ2) is 6.06. The van der Waals surface area contributed by atoms with Crippen LogP contribution >= 0.6 is 0 Å². The maximum atomic E-state index is 4.83. The molecule has 1 heterocycles. The van der Waals surface area contributed by atoms with Gasteiger partial charge in [0.1, 0.15) is 0 Å². The molecule has 0 saturated heterocycles. The van der Waals surface area contributed by atoms with Crippen molar-refractivity contribution in [2.45, 2.75) is 33.1 Å². The molecule has 1 aliphatic rings. The summed E-state index contributed by atoms with van der Waals surface area (Å²) in [5.74, 6) is 0.531. The molecule has 0 amide bonds. The Morgan fingerprint density at radius 3 is 2.52 bits per heavy atom. The van der Waals surface area contributed by atoms with E-state index < -0.39 is 0 Å². The van der Waals surface area contributed by atoms with E-state index in [2.05, 4.69) is 81.4 Å². The quantitative estimate of drug-likeness (QED) is 0.337. The van der Waals surface area contributed by atoms with Gasteiger partial charge in [-0.1, -0.05) is 62.4 Å². The molecule has 0 spiro atoms. The summed E-state index contributed by atoms with van der Waals surface area (Å²) in [6.45, 7) is 6.68. The van der Waals surface area contributed by atoms with Crippen molar-refractivity contribution in [2.24, 2.45) is 0 Å². The number of nitrogens with zero attached hydrogens (tertiary/aromatic N) is 1. The predicted octanol–water partition coefficient (Wildman–Crippen LogP) is 6.90. The molecule has 1 aliphatic carbocycles. The molecule has 1 heteroatoms. The third-order valence-electron chi connectivity index (χ3n) is 5.78. The molecular formula is C26H23N. The number of pyridine rings is 1. The lowest BCUT2D eigenvalue weighted by atomic mass is 9.92. The van der Waals surface area contributed by atoms with E-state index in [1.54, 1.807) is 0 Å². The molecule has 1 aromatic heterocycles. The maximum absolute atomic E-state index is 4.83. The lowest BCUT2D eigenvalue weighted by Gasteiger charge is -2.14. The summed E-state index contributed by atoms with van der Waals surface area (Å²) >= 11 is 0. The highest BCUT2D eigenvalue weighted by Crippen LogP contribution is 2.43. The van der Waals surface area contributed by atoms with E-state index in [0.29, 0.717) is 5.92 Å². The Kier molecular flexibility index (Phi) is 3.65. The molecule has 0 N–H and O–H groups in total. The smallest absolute Gasteiger partial charge is 0.0783 e. The number of aryl methyl sites for hydroxylation is 1. The van der Waals surface area contributed by atoms with Crippen molar-refractivity contribution in [3.8, 4) is 22.4 Å². The topological polar surface area (TPSA) is 12.9 Å². The minimum atomic E-state index is 0.531. The van der Waals surface area contributed by atoms with Crippen molar-refractivity contribution in [3.63, 3.8) is 0 Å². The van der Waals surface area contributed by atoms with Gasteiger partial charge in [0, 0.05) is 17.1 Å². The van der Waals surface area contributed by atoms with Crippen LogP contribution in [0.4, 0.5) is 0 Å². The highest BCUT2D eigenvalue weighted by molar-refractivity contribution is 5.97. The fourth-order valence-corrected chi connectivity index (χ4v) is 4.36. The second-order valence-electron chi connectivity index (χ2n) is 7.97. The Morgan fingerprint density at radius 1 is 0.852 bits per heavy atom. The van der Waals surface area contributed by atoms with Crippen LogP contribution in [-0.2, 0) is 6.42 Å². The lowest BCUT2D eigenvalue weighted by Crippen LogP contribution is -1.94. The molecule has 27 heavy (non-hydrogen) atoms. The molecule has 4 aromatic rings. The molecule has 3 aromatic carbocycles. The van der Waals surface area contributed by atoms with Crippen LogP contribution in [0.3, 0.4) is 0 Å². The van der Waals surface area contributed by atoms with Gasteiger partial charge in [-0.2, -0.15) is 0 Å². The van der Waals surface area contributed by atoms with E-state index in [9.17, 15) is 0 Å². The summed E-state index contributed by atoms with van der Waals surface area (Å²) in [7, 11) is 0. The maximum Gasteiger partial charge on any atom is 0.0783 e. The molecule has 132 valence electrons. The van der Waals surface area contributed by atoms with Crippen LogP contribution < -0.4 is 0 Å². The van der Waals surface area contributed by atoms with E-state index in [4.69, 9.17) is 4.98 Å². The molecule has 5 rings (SSSR count). The van der Waals surface area contributed by atoms with E-state index >= 15 is 0 Å². The highest BCUT2D eigenvalue weighted by Gasteiger charge is 2.23. The first-order chi connectivity index (χ1) is 13.1. The number of hydrogen-bond acceptors (Lipinski definition) is 1. The van der Waals surface area contributed by atoms with Crippen molar-refractivity contribution >= 4 is 10.8 Å². The van der Waals surface area contributed by atoms with Crippen LogP contribution in [0, 0.1) is 6.92 Å². The van der Waals surface area contributed by atoms with Crippen LogP contribution in [0.25, 0.3) is 33.2 Å². The molecule has 0 saturated carbocycles. The predicted molar refractivity (Wildman–Crippen MR) is 114 cm³/mol. The third-order valence-corrected chi connectivity index (χ3v) is 5.78. The average molecular weight is 349 g/mol. The second-order valence-corrected chi connectivity index (χ2v) is 7.97. The number of rotatable bonds is 2. The van der Waals surface area contributed by atoms with Gasteiger partial charge < -0.3 is 0 Å². The van der Waals surface area contributed by atoms with Crippen molar-refractivity contribution < 1.29 is 0 Å². The summed E-state index contributed by atoms with van der Waals surface area (Å²) in [5.41, 5.74) is 10.6. The molecule has 0 unspecified atom stereocenters. The summed E-state index contributed by atoms with van der Waals surface area (Å²) in [6.07, 6.45) is 2.95. The lowest BCUT2D eigenvalue weighted by molar-refractivity contribution is 0.869. The van der Waals surface area contributed by atoms with Gasteiger partial charge in [-0.25, -0.2) is 0 Å². The van der Waals surface area contributed by atoms with Gasteiger partial charge in [0.05, 0.1) is 5.69 Å². The molecule has 0 bridgehead atoms. The van der Waals surface area contributed by atoms with Crippen LogP contribution in [0.2, 0.25) is 0 Å². The number of fused-ring (bicyclic) bond motifs is 4. The first-order valence-electron chi connectivity index (χ1n) is 9.72. The average Bonchev–Trinajstić information content (AvgIpc) is 3.05. The van der Waals surface area contributed by atoms with Gasteiger partial charge in [-0.3, -0.25) is 4.98 Å². The summed E-state index contributed by atoms with van der Waals surface area (Å²) in [5, 5.41) is 2.52. The number of hydrogen-bond donors (Lipinski definition) is 0. The largest absolute Gasteiger partial charge is 0.256 e. The fraction of sp³-hybridized carbons (Fsp3) is 0.192. The normalized spacial score (nSPS) is 12.4. The van der Waals surface area contributed by atoms with Crippen LogP contribution in [0.5, 0.6) is 0 Å². The molecule has 1 nitrogen and oxygen atoms in total. The standard InChI is InChI=1S/C26H23N/c1-16(2)18-8-9-22-20(14-18)10-11-27-26(22)25-13-17(3)12-23-21-7-5-4-6-19(21)15-24(23)25/h4-14,16H,15H2,1-3H3. The van der Waals surface area contributed by atoms with E-state index in [1.165, 1.54) is 49.7 Å². The highest BCUT2D eigenvalue weighted by atomic mass is 14.7. The van der Waals surface area contributed by atoms with Crippen molar-refractivity contribution in [2.75, 3.05) is 0 Å². The monoisotopic (exact) mass is 349 g/mol. The van der Waals surface area contributed by atoms with Gasteiger partial charge in [-0.15, -0.1) is 0 Å². The summed E-state index contributed by atoms with van der Waals surface area (Å²) in [6, 6.07) is 22.4. The molecular weight excluding hydrogens is 326 g/mol. The zero-order chi connectivity index (χ0) is 18.5. The third kappa shape index (κ3) is 2.57. The van der Waals surface area contributed by atoms with Crippen LogP contribution in [0.1, 0.15) is 42.0 Å². The van der Waals surface area contributed by atoms with Gasteiger partial charge >= 0.3 is 0 Å². The van der Waals surface area contributed by atoms with E-state index in [-0.39, 0.29) is 0 Å². The Bertz CT molecular complexity index is 1180. The Labute approximate surface area is 160 Å². The Balaban J connectivity index is 1.76. The Hall–Kier alpha value is -2.93. The summed E-state index contributed by atoms with van der Waals surface area (Å²) in [4.78, 5) is 4.83.